The predicted molar refractivity (Wildman–Crippen MR) is 70.0 cm³/mol. The molecule has 0 fully saturated rings. The van der Waals surface area contributed by atoms with Gasteiger partial charge in [0.25, 0.3) is 0 Å². The van der Waals surface area contributed by atoms with Gasteiger partial charge in [-0.2, -0.15) is 0 Å². The first-order chi connectivity index (χ1) is 6.96. The predicted octanol–water partition coefficient (Wildman–Crippen LogP) is 4.08. The lowest BCUT2D eigenvalue weighted by Crippen LogP contribution is -2.52. The van der Waals surface area contributed by atoms with Crippen LogP contribution >= 0.6 is 0 Å². The lowest BCUT2D eigenvalue weighted by molar-refractivity contribution is -0.932. The van der Waals surface area contributed by atoms with E-state index in [0.717, 1.165) is 12.0 Å². The van der Waals surface area contributed by atoms with Gasteiger partial charge in [0, 0.05) is 5.92 Å². The van der Waals surface area contributed by atoms with Gasteiger partial charge < -0.3 is 4.48 Å². The van der Waals surface area contributed by atoms with Crippen LogP contribution < -0.4 is 0 Å². The summed E-state index contributed by atoms with van der Waals surface area (Å²) in [5, 5.41) is 0. The molecule has 2 atom stereocenters. The van der Waals surface area contributed by atoms with Crippen LogP contribution in [-0.4, -0.2) is 30.7 Å². The third kappa shape index (κ3) is 5.55. The summed E-state index contributed by atoms with van der Waals surface area (Å²) in [4.78, 5) is 0. The Labute approximate surface area is 97.5 Å². The fraction of sp³-hybridized carbons (Fsp3) is 1.00. The van der Waals surface area contributed by atoms with E-state index < -0.39 is 0 Å². The lowest BCUT2D eigenvalue weighted by atomic mass is 10.0. The van der Waals surface area contributed by atoms with Gasteiger partial charge in [0.05, 0.1) is 26.2 Å². The molecule has 0 rings (SSSR count). The topological polar surface area (TPSA) is 0 Å². The van der Waals surface area contributed by atoms with E-state index in [-0.39, 0.29) is 0 Å². The van der Waals surface area contributed by atoms with Gasteiger partial charge in [0.1, 0.15) is 0 Å². The monoisotopic (exact) mass is 214 g/mol. The van der Waals surface area contributed by atoms with Gasteiger partial charge in [0.15, 0.2) is 0 Å². The SMILES string of the molecule is CCCC[N+](C)(CC(C)CCC)C(C)C. The summed E-state index contributed by atoms with van der Waals surface area (Å²) in [6.45, 7) is 14.4. The zero-order valence-corrected chi connectivity index (χ0v) is 11.8. The minimum absolute atomic E-state index is 0.760. The van der Waals surface area contributed by atoms with E-state index in [1.165, 1.54) is 43.3 Å². The van der Waals surface area contributed by atoms with Crippen LogP contribution in [0.15, 0.2) is 0 Å². The number of hydrogen-bond donors (Lipinski definition) is 0. The van der Waals surface area contributed by atoms with Gasteiger partial charge in [0.2, 0.25) is 0 Å². The minimum Gasteiger partial charge on any atom is -0.324 e. The van der Waals surface area contributed by atoms with Gasteiger partial charge in [-0.25, -0.2) is 0 Å². The first-order valence-corrected chi connectivity index (χ1v) is 6.80. The van der Waals surface area contributed by atoms with E-state index in [4.69, 9.17) is 0 Å². The molecule has 0 aliphatic heterocycles. The molecule has 0 bridgehead atoms. The summed E-state index contributed by atoms with van der Waals surface area (Å²) >= 11 is 0. The first-order valence-electron chi connectivity index (χ1n) is 6.80. The number of unbranched alkanes of at least 4 members (excludes halogenated alkanes) is 1. The van der Waals surface area contributed by atoms with Crippen molar-refractivity contribution in [2.24, 2.45) is 5.92 Å². The maximum atomic E-state index is 2.44. The van der Waals surface area contributed by atoms with Gasteiger partial charge in [-0.05, 0) is 26.7 Å². The van der Waals surface area contributed by atoms with Crippen LogP contribution in [0.1, 0.15) is 60.3 Å². The van der Waals surface area contributed by atoms with E-state index in [0.29, 0.717) is 0 Å². The Morgan fingerprint density at radius 2 is 1.60 bits per heavy atom. The Hall–Kier alpha value is -0.0400. The Morgan fingerprint density at radius 1 is 1.00 bits per heavy atom. The molecule has 1 heteroatoms. The summed E-state index contributed by atoms with van der Waals surface area (Å²) in [6.07, 6.45) is 5.40. The molecule has 0 aromatic rings. The minimum atomic E-state index is 0.760. The van der Waals surface area contributed by atoms with Crippen molar-refractivity contribution in [3.8, 4) is 0 Å². The molecule has 0 spiro atoms. The highest BCUT2D eigenvalue weighted by Gasteiger charge is 2.26. The van der Waals surface area contributed by atoms with Crippen LogP contribution in [0.25, 0.3) is 0 Å². The van der Waals surface area contributed by atoms with Gasteiger partial charge in [-0.3, -0.25) is 0 Å². The third-order valence-electron chi connectivity index (χ3n) is 3.78. The van der Waals surface area contributed by atoms with Gasteiger partial charge >= 0.3 is 0 Å². The highest BCUT2D eigenvalue weighted by Crippen LogP contribution is 2.18. The third-order valence-corrected chi connectivity index (χ3v) is 3.78. The average Bonchev–Trinajstić information content (AvgIpc) is 2.14. The van der Waals surface area contributed by atoms with Crippen LogP contribution in [0.3, 0.4) is 0 Å². The molecule has 1 nitrogen and oxygen atoms in total. The molecule has 0 amide bonds. The number of rotatable bonds is 8. The molecule has 92 valence electrons. The van der Waals surface area contributed by atoms with E-state index in [1.54, 1.807) is 0 Å². The van der Waals surface area contributed by atoms with Crippen LogP contribution in [0.2, 0.25) is 0 Å². The second-order valence-corrected chi connectivity index (χ2v) is 5.73. The molecular formula is C14H32N+. The van der Waals surface area contributed by atoms with Crippen molar-refractivity contribution >= 4 is 0 Å². The normalized spacial score (nSPS) is 17.8. The van der Waals surface area contributed by atoms with Crippen LogP contribution in [0.4, 0.5) is 0 Å². The Morgan fingerprint density at radius 3 is 2.00 bits per heavy atom. The maximum Gasteiger partial charge on any atom is 0.0831 e. The summed E-state index contributed by atoms with van der Waals surface area (Å²) in [5.74, 6) is 0.874. The molecule has 0 aliphatic carbocycles. The lowest BCUT2D eigenvalue weighted by Gasteiger charge is -2.40. The summed E-state index contributed by atoms with van der Waals surface area (Å²) in [7, 11) is 2.44. The standard InChI is InChI=1S/C14H32N/c1-7-9-11-15(6,13(3)4)12-14(5)10-8-2/h13-14H,7-12H2,1-6H3/q+1. The van der Waals surface area contributed by atoms with Crippen molar-refractivity contribution in [3.05, 3.63) is 0 Å². The smallest absolute Gasteiger partial charge is 0.0831 e. The fourth-order valence-corrected chi connectivity index (χ4v) is 2.38. The molecule has 0 N–H and O–H groups in total. The van der Waals surface area contributed by atoms with E-state index in [2.05, 4.69) is 41.7 Å². The summed E-state index contributed by atoms with van der Waals surface area (Å²) in [6, 6.07) is 0.760. The molecule has 0 aromatic heterocycles. The van der Waals surface area contributed by atoms with Crippen molar-refractivity contribution in [1.29, 1.82) is 0 Å². The Balaban J connectivity index is 4.23. The largest absolute Gasteiger partial charge is 0.324 e. The molecular weight excluding hydrogens is 182 g/mol. The number of quaternary nitrogens is 1. The van der Waals surface area contributed by atoms with Crippen molar-refractivity contribution in [3.63, 3.8) is 0 Å². The van der Waals surface area contributed by atoms with Crippen LogP contribution in [0.5, 0.6) is 0 Å². The summed E-state index contributed by atoms with van der Waals surface area (Å²) < 4.78 is 1.26. The highest BCUT2D eigenvalue weighted by molar-refractivity contribution is 4.54. The van der Waals surface area contributed by atoms with Gasteiger partial charge in [-0.15, -0.1) is 0 Å². The quantitative estimate of drug-likeness (QED) is 0.534. The molecule has 15 heavy (non-hydrogen) atoms. The zero-order valence-electron chi connectivity index (χ0n) is 11.8. The van der Waals surface area contributed by atoms with Crippen LogP contribution in [-0.2, 0) is 0 Å². The second-order valence-electron chi connectivity index (χ2n) is 5.73. The number of hydrogen-bond acceptors (Lipinski definition) is 0. The van der Waals surface area contributed by atoms with E-state index in [9.17, 15) is 0 Å². The van der Waals surface area contributed by atoms with Crippen molar-refractivity contribution in [2.75, 3.05) is 20.1 Å². The number of nitrogens with zero attached hydrogens (tertiary/aromatic N) is 1. The maximum absolute atomic E-state index is 2.44. The second kappa shape index (κ2) is 7.27. The molecule has 0 saturated heterocycles. The molecule has 0 aromatic carbocycles. The van der Waals surface area contributed by atoms with Crippen LogP contribution in [0, 0.1) is 5.92 Å². The van der Waals surface area contributed by atoms with Crippen molar-refractivity contribution in [1.82, 2.24) is 0 Å². The van der Waals surface area contributed by atoms with E-state index in [1.807, 2.05) is 0 Å². The summed E-state index contributed by atoms with van der Waals surface area (Å²) in [5.41, 5.74) is 0. The zero-order chi connectivity index (χ0) is 11.9. The first kappa shape index (κ1) is 15.0. The average molecular weight is 214 g/mol. The van der Waals surface area contributed by atoms with Crippen molar-refractivity contribution in [2.45, 2.75) is 66.3 Å². The molecule has 2 unspecified atom stereocenters. The fourth-order valence-electron chi connectivity index (χ4n) is 2.38. The van der Waals surface area contributed by atoms with Crippen molar-refractivity contribution < 1.29 is 4.48 Å². The molecule has 0 saturated carbocycles. The highest BCUT2D eigenvalue weighted by atomic mass is 15.3. The molecule has 0 heterocycles. The van der Waals surface area contributed by atoms with E-state index >= 15 is 0 Å². The molecule has 0 radical (unpaired) electrons. The Kier molecular flexibility index (Phi) is 7.25. The molecule has 0 aliphatic rings. The van der Waals surface area contributed by atoms with Gasteiger partial charge in [-0.1, -0.05) is 33.6 Å². The Bertz CT molecular complexity index is 153.